The van der Waals surface area contributed by atoms with Crippen molar-refractivity contribution in [2.75, 3.05) is 17.8 Å². The van der Waals surface area contributed by atoms with Crippen molar-refractivity contribution in [3.05, 3.63) is 40.5 Å². The van der Waals surface area contributed by atoms with Crippen LogP contribution in [-0.2, 0) is 10.0 Å². The number of fused-ring (bicyclic) bond motifs is 1. The van der Waals surface area contributed by atoms with Crippen molar-refractivity contribution in [2.24, 2.45) is 0 Å². The van der Waals surface area contributed by atoms with Gasteiger partial charge < -0.3 is 9.88 Å². The summed E-state index contributed by atoms with van der Waals surface area (Å²) in [4.78, 5) is 21.1. The topological polar surface area (TPSA) is 119 Å². The molecule has 144 valence electrons. The van der Waals surface area contributed by atoms with Gasteiger partial charge in [0.05, 0.1) is 16.8 Å². The maximum Gasteiger partial charge on any atom is 0.289 e. The Bertz CT molecular complexity index is 1210. The van der Waals surface area contributed by atoms with Gasteiger partial charge in [-0.1, -0.05) is 6.07 Å². The van der Waals surface area contributed by atoms with Gasteiger partial charge in [0.25, 0.3) is 15.9 Å². The van der Waals surface area contributed by atoms with Gasteiger partial charge in [-0.2, -0.15) is 13.7 Å². The number of anilines is 1. The summed E-state index contributed by atoms with van der Waals surface area (Å²) in [7, 11) is -3.97. The normalized spacial score (nSPS) is 14.4. The summed E-state index contributed by atoms with van der Waals surface area (Å²) in [6.45, 7) is 3.20. The molecule has 1 saturated heterocycles. The van der Waals surface area contributed by atoms with Crippen LogP contribution in [0.5, 0.6) is 0 Å². The summed E-state index contributed by atoms with van der Waals surface area (Å²) in [6.07, 6.45) is 3.45. The molecule has 0 spiro atoms. The molecule has 0 saturated carbocycles. The lowest BCUT2D eigenvalue weighted by atomic mass is 10.1. The van der Waals surface area contributed by atoms with Crippen molar-refractivity contribution in [3.63, 3.8) is 0 Å². The number of amides is 1. The highest BCUT2D eigenvalue weighted by Gasteiger charge is 2.26. The van der Waals surface area contributed by atoms with Gasteiger partial charge in [0.1, 0.15) is 11.8 Å². The molecule has 2 N–H and O–H groups in total. The molecular weight excluding hydrogens is 398 g/mol. The van der Waals surface area contributed by atoms with E-state index in [9.17, 15) is 18.5 Å². The number of nitrogens with one attached hydrogen (secondary N) is 2. The van der Waals surface area contributed by atoms with Gasteiger partial charge in [-0.25, -0.2) is 4.98 Å². The summed E-state index contributed by atoms with van der Waals surface area (Å²) in [5.41, 5.74) is 2.31. The Morgan fingerprint density at radius 1 is 1.36 bits per heavy atom. The molecule has 0 aliphatic carbocycles. The van der Waals surface area contributed by atoms with Gasteiger partial charge in [-0.05, 0) is 31.4 Å². The van der Waals surface area contributed by atoms with Gasteiger partial charge in [-0.15, -0.1) is 11.3 Å². The van der Waals surface area contributed by atoms with Crippen LogP contribution in [0.2, 0.25) is 0 Å². The second-order valence-corrected chi connectivity index (χ2v) is 9.31. The first-order valence-electron chi connectivity index (χ1n) is 8.69. The first-order chi connectivity index (χ1) is 13.4. The van der Waals surface area contributed by atoms with E-state index in [1.54, 1.807) is 23.2 Å². The molecule has 0 unspecified atom stereocenters. The predicted octanol–water partition coefficient (Wildman–Crippen LogP) is 2.84. The second-order valence-electron chi connectivity index (χ2n) is 6.60. The van der Waals surface area contributed by atoms with Crippen LogP contribution in [0.3, 0.4) is 0 Å². The molecule has 4 rings (SSSR count). The number of benzene rings is 1. The number of nitriles is 1. The molecule has 1 aromatic carbocycles. The average molecular weight is 416 g/mol. The van der Waals surface area contributed by atoms with Crippen LogP contribution in [0.1, 0.15) is 34.5 Å². The largest absolute Gasteiger partial charge is 0.358 e. The molecule has 8 nitrogen and oxygen atoms in total. The molecule has 0 bridgehead atoms. The molecule has 0 atom stereocenters. The van der Waals surface area contributed by atoms with Crippen LogP contribution in [-0.4, -0.2) is 42.3 Å². The zero-order valence-corrected chi connectivity index (χ0v) is 16.7. The van der Waals surface area contributed by atoms with Crippen LogP contribution in [0.25, 0.3) is 10.9 Å². The van der Waals surface area contributed by atoms with Gasteiger partial charge >= 0.3 is 0 Å². The number of thiazole rings is 1. The number of hydrogen-bond donors (Lipinski definition) is 2. The number of nitrogens with zero attached hydrogens (tertiary/aromatic N) is 3. The summed E-state index contributed by atoms with van der Waals surface area (Å²) in [6, 6.07) is 5.48. The van der Waals surface area contributed by atoms with Crippen LogP contribution >= 0.6 is 11.3 Å². The van der Waals surface area contributed by atoms with Crippen molar-refractivity contribution >= 4 is 43.9 Å². The van der Waals surface area contributed by atoms with Crippen LogP contribution in [0.4, 0.5) is 5.69 Å². The first kappa shape index (κ1) is 18.5. The molecule has 1 aliphatic heterocycles. The van der Waals surface area contributed by atoms with Gasteiger partial charge in [0.2, 0.25) is 4.34 Å². The van der Waals surface area contributed by atoms with E-state index in [2.05, 4.69) is 20.8 Å². The van der Waals surface area contributed by atoms with Gasteiger partial charge in [0, 0.05) is 30.1 Å². The minimum absolute atomic E-state index is 0.146. The fourth-order valence-electron chi connectivity index (χ4n) is 3.34. The number of hydrogen-bond acceptors (Lipinski definition) is 6. The van der Waals surface area contributed by atoms with E-state index in [1.165, 1.54) is 5.38 Å². The number of sulfonamides is 1. The molecule has 2 aromatic heterocycles. The minimum Gasteiger partial charge on any atom is -0.358 e. The van der Waals surface area contributed by atoms with Crippen LogP contribution in [0.15, 0.2) is 28.0 Å². The van der Waals surface area contributed by atoms with E-state index in [-0.39, 0.29) is 15.9 Å². The summed E-state index contributed by atoms with van der Waals surface area (Å²) in [5, 5.41) is 11.4. The molecule has 28 heavy (non-hydrogen) atoms. The third kappa shape index (κ3) is 3.12. The average Bonchev–Trinajstić information content (AvgIpc) is 3.43. The first-order valence-corrected chi connectivity index (χ1v) is 11.1. The Balaban J connectivity index is 1.65. The minimum atomic E-state index is -3.97. The Morgan fingerprint density at radius 3 is 2.82 bits per heavy atom. The van der Waals surface area contributed by atoms with Crippen molar-refractivity contribution in [2.45, 2.75) is 24.1 Å². The summed E-state index contributed by atoms with van der Waals surface area (Å²) in [5.74, 6) is -0.240. The molecule has 0 radical (unpaired) electrons. The van der Waals surface area contributed by atoms with E-state index in [0.29, 0.717) is 35.2 Å². The number of aromatic amines is 1. The summed E-state index contributed by atoms with van der Waals surface area (Å²) < 4.78 is 27.9. The van der Waals surface area contributed by atoms with Crippen molar-refractivity contribution in [3.8, 4) is 6.07 Å². The third-order valence-corrected chi connectivity index (χ3v) is 7.35. The monoisotopic (exact) mass is 415 g/mol. The van der Waals surface area contributed by atoms with Crippen LogP contribution in [0, 0.1) is 18.3 Å². The van der Waals surface area contributed by atoms with Gasteiger partial charge in [0.15, 0.2) is 0 Å². The molecule has 10 heteroatoms. The lowest BCUT2D eigenvalue weighted by Gasteiger charge is -2.12. The zero-order valence-electron chi connectivity index (χ0n) is 15.0. The highest BCUT2D eigenvalue weighted by atomic mass is 32.2. The standard InChI is InChI=1S/C18H17N5O3S2/c1-11-4-5-13(16-15(11)12(8-19)9-20-16)22-28(25,26)18-21-14(10-27-18)17(24)23-6-2-3-7-23/h4-5,9-10,20,22H,2-3,6-7H2,1H3. The fourth-order valence-corrected chi connectivity index (χ4v) is 5.40. The number of likely N-dealkylation sites (tertiary alicyclic amines) is 1. The number of carbonyl (C=O) groups excluding carboxylic acids is 1. The highest BCUT2D eigenvalue weighted by molar-refractivity contribution is 7.94. The van der Waals surface area contributed by atoms with Crippen molar-refractivity contribution in [1.29, 1.82) is 5.26 Å². The lowest BCUT2D eigenvalue weighted by molar-refractivity contribution is 0.0787. The molecule has 3 aromatic rings. The number of carbonyl (C=O) groups is 1. The second kappa shape index (κ2) is 6.92. The van der Waals surface area contributed by atoms with E-state index in [4.69, 9.17) is 0 Å². The number of aryl methyl sites for hydroxylation is 1. The number of aromatic nitrogens is 2. The smallest absolute Gasteiger partial charge is 0.289 e. The molecule has 1 aliphatic rings. The van der Waals surface area contributed by atoms with E-state index in [1.807, 2.05) is 6.92 Å². The van der Waals surface area contributed by atoms with E-state index >= 15 is 0 Å². The molecular formula is C18H17N5O3S2. The predicted molar refractivity (Wildman–Crippen MR) is 106 cm³/mol. The van der Waals surface area contributed by atoms with Gasteiger partial charge in [-0.3, -0.25) is 9.52 Å². The van der Waals surface area contributed by atoms with Crippen LogP contribution < -0.4 is 4.72 Å². The van der Waals surface area contributed by atoms with E-state index < -0.39 is 10.0 Å². The Kier molecular flexibility index (Phi) is 4.56. The van der Waals surface area contributed by atoms with E-state index in [0.717, 1.165) is 29.7 Å². The maximum atomic E-state index is 12.8. The zero-order chi connectivity index (χ0) is 19.9. The highest BCUT2D eigenvalue weighted by Crippen LogP contribution is 2.30. The number of rotatable bonds is 4. The molecule has 1 fully saturated rings. The lowest BCUT2D eigenvalue weighted by Crippen LogP contribution is -2.28. The maximum absolute atomic E-state index is 12.8. The fraction of sp³-hybridized carbons (Fsp3) is 0.278. The SMILES string of the molecule is Cc1ccc(NS(=O)(=O)c2nc(C(=O)N3CCCC3)cs2)c2[nH]cc(C#N)c12. The Morgan fingerprint density at radius 2 is 2.11 bits per heavy atom. The number of H-pyrrole nitrogens is 1. The molecule has 3 heterocycles. The van der Waals surface area contributed by atoms with Crippen molar-refractivity contribution in [1.82, 2.24) is 14.9 Å². The Hall–Kier alpha value is -2.90. The van der Waals surface area contributed by atoms with Crippen molar-refractivity contribution < 1.29 is 13.2 Å². The molecule has 1 amide bonds. The third-order valence-electron chi connectivity index (χ3n) is 4.73. The quantitative estimate of drug-likeness (QED) is 0.679. The Labute approximate surface area is 165 Å². The summed E-state index contributed by atoms with van der Waals surface area (Å²) >= 11 is 0.909.